The Hall–Kier alpha value is -2.34. The molecule has 1 aliphatic rings. The Morgan fingerprint density at radius 2 is 2.20 bits per heavy atom. The molecule has 3 rings (SSSR count). The smallest absolute Gasteiger partial charge is 0.227 e. The summed E-state index contributed by atoms with van der Waals surface area (Å²) in [6, 6.07) is 7.74. The Balaban J connectivity index is 1.79. The van der Waals surface area contributed by atoms with Gasteiger partial charge in [0.25, 0.3) is 0 Å². The van der Waals surface area contributed by atoms with Crippen molar-refractivity contribution in [1.29, 1.82) is 0 Å². The number of carbonyl (C=O) groups is 1. The lowest BCUT2D eigenvalue weighted by atomic mass is 10.1. The summed E-state index contributed by atoms with van der Waals surface area (Å²) in [5.41, 5.74) is 0.929. The minimum Gasteiger partial charge on any atom is -0.491 e. The maximum absolute atomic E-state index is 13.0. The monoisotopic (exact) mass is 342 g/mol. The SMILES string of the molecule is CC(C)Oc1ccccc1CC(=O)N1CCNCC1c1nccn1C. The number of rotatable bonds is 5. The van der Waals surface area contributed by atoms with Gasteiger partial charge in [-0.05, 0) is 19.9 Å². The summed E-state index contributed by atoms with van der Waals surface area (Å²) in [6.45, 7) is 6.19. The van der Waals surface area contributed by atoms with Crippen LogP contribution in [0.2, 0.25) is 0 Å². The van der Waals surface area contributed by atoms with E-state index in [0.29, 0.717) is 13.0 Å². The molecule has 2 heterocycles. The van der Waals surface area contributed by atoms with Gasteiger partial charge in [0.2, 0.25) is 5.91 Å². The lowest BCUT2D eigenvalue weighted by Crippen LogP contribution is -2.49. The Kier molecular flexibility index (Phi) is 5.38. The van der Waals surface area contributed by atoms with Gasteiger partial charge in [-0.3, -0.25) is 4.79 Å². The van der Waals surface area contributed by atoms with Crippen LogP contribution < -0.4 is 10.1 Å². The second-order valence-corrected chi connectivity index (χ2v) is 6.65. The number of hydrogen-bond acceptors (Lipinski definition) is 4. The van der Waals surface area contributed by atoms with Crippen LogP contribution in [0.5, 0.6) is 5.75 Å². The predicted molar refractivity (Wildman–Crippen MR) is 96.4 cm³/mol. The molecule has 6 heteroatoms. The molecule has 1 fully saturated rings. The summed E-state index contributed by atoms with van der Waals surface area (Å²) in [5, 5.41) is 3.36. The van der Waals surface area contributed by atoms with Crippen molar-refractivity contribution in [3.8, 4) is 5.75 Å². The highest BCUT2D eigenvalue weighted by atomic mass is 16.5. The van der Waals surface area contributed by atoms with Gasteiger partial charge in [0.15, 0.2) is 0 Å². The van der Waals surface area contributed by atoms with Crippen molar-refractivity contribution in [2.24, 2.45) is 7.05 Å². The molecule has 25 heavy (non-hydrogen) atoms. The fourth-order valence-electron chi connectivity index (χ4n) is 3.21. The summed E-state index contributed by atoms with van der Waals surface area (Å²) in [5.74, 6) is 1.80. The molecule has 1 aromatic heterocycles. The number of benzene rings is 1. The number of nitrogens with zero attached hydrogens (tertiary/aromatic N) is 3. The molecule has 134 valence electrons. The molecule has 1 atom stereocenters. The molecule has 0 bridgehead atoms. The molecule has 1 saturated heterocycles. The van der Waals surface area contributed by atoms with E-state index < -0.39 is 0 Å². The number of carbonyl (C=O) groups excluding carboxylic acids is 1. The predicted octanol–water partition coefficient (Wildman–Crippen LogP) is 1.92. The third kappa shape index (κ3) is 4.02. The van der Waals surface area contributed by atoms with Crippen molar-refractivity contribution in [2.45, 2.75) is 32.4 Å². The van der Waals surface area contributed by atoms with Crippen LogP contribution in [0.3, 0.4) is 0 Å². The fourth-order valence-corrected chi connectivity index (χ4v) is 3.21. The number of nitrogens with one attached hydrogen (secondary N) is 1. The molecule has 1 aromatic carbocycles. The number of para-hydroxylation sites is 1. The largest absolute Gasteiger partial charge is 0.491 e. The van der Waals surface area contributed by atoms with Gasteiger partial charge in [-0.2, -0.15) is 0 Å². The first-order valence-electron chi connectivity index (χ1n) is 8.78. The van der Waals surface area contributed by atoms with E-state index in [-0.39, 0.29) is 18.1 Å². The number of aromatic nitrogens is 2. The van der Waals surface area contributed by atoms with Crippen LogP contribution in [0.1, 0.15) is 31.3 Å². The van der Waals surface area contributed by atoms with Crippen LogP contribution in [-0.4, -0.2) is 46.1 Å². The van der Waals surface area contributed by atoms with Crippen LogP contribution >= 0.6 is 0 Å². The highest BCUT2D eigenvalue weighted by Crippen LogP contribution is 2.24. The topological polar surface area (TPSA) is 59.4 Å². The van der Waals surface area contributed by atoms with Gasteiger partial charge in [0.05, 0.1) is 12.5 Å². The lowest BCUT2D eigenvalue weighted by Gasteiger charge is -2.36. The van der Waals surface area contributed by atoms with Crippen molar-refractivity contribution >= 4 is 5.91 Å². The van der Waals surface area contributed by atoms with Gasteiger partial charge in [0, 0.05) is 44.6 Å². The zero-order valence-electron chi connectivity index (χ0n) is 15.1. The molecule has 0 spiro atoms. The Morgan fingerprint density at radius 1 is 1.40 bits per heavy atom. The van der Waals surface area contributed by atoms with E-state index >= 15 is 0 Å². The van der Waals surface area contributed by atoms with Crippen LogP contribution in [0, 0.1) is 0 Å². The molecule has 0 aliphatic carbocycles. The standard InChI is InChI=1S/C19H26N4O2/c1-14(2)25-17-7-5-4-6-15(17)12-18(24)23-11-8-20-13-16(23)19-21-9-10-22(19)3/h4-7,9-10,14,16,20H,8,11-13H2,1-3H3. The quantitative estimate of drug-likeness (QED) is 0.902. The summed E-state index contributed by atoms with van der Waals surface area (Å²) < 4.78 is 7.83. The maximum atomic E-state index is 13.0. The van der Waals surface area contributed by atoms with Gasteiger partial charge in [0.1, 0.15) is 17.6 Å². The number of aryl methyl sites for hydroxylation is 1. The molecule has 2 aromatic rings. The van der Waals surface area contributed by atoms with Crippen LogP contribution in [0.25, 0.3) is 0 Å². The van der Waals surface area contributed by atoms with E-state index in [4.69, 9.17) is 4.74 Å². The zero-order valence-corrected chi connectivity index (χ0v) is 15.1. The summed E-state index contributed by atoms with van der Waals surface area (Å²) in [6.07, 6.45) is 4.11. The Morgan fingerprint density at radius 3 is 2.92 bits per heavy atom. The van der Waals surface area contributed by atoms with E-state index in [1.165, 1.54) is 0 Å². The number of ether oxygens (including phenoxy) is 1. The van der Waals surface area contributed by atoms with Gasteiger partial charge in [-0.15, -0.1) is 0 Å². The third-order valence-electron chi connectivity index (χ3n) is 4.40. The van der Waals surface area contributed by atoms with Crippen LogP contribution in [0.4, 0.5) is 0 Å². The van der Waals surface area contributed by atoms with Crippen molar-refractivity contribution in [3.63, 3.8) is 0 Å². The maximum Gasteiger partial charge on any atom is 0.227 e. The lowest BCUT2D eigenvalue weighted by molar-refractivity contribution is -0.134. The van der Waals surface area contributed by atoms with Gasteiger partial charge < -0.3 is 19.5 Å². The number of piperazine rings is 1. The molecule has 1 amide bonds. The summed E-state index contributed by atoms with van der Waals surface area (Å²) in [7, 11) is 1.96. The van der Waals surface area contributed by atoms with Crippen molar-refractivity contribution in [2.75, 3.05) is 19.6 Å². The van der Waals surface area contributed by atoms with Crippen molar-refractivity contribution in [3.05, 3.63) is 48.0 Å². The van der Waals surface area contributed by atoms with Gasteiger partial charge in [-0.1, -0.05) is 18.2 Å². The fraction of sp³-hybridized carbons (Fsp3) is 0.474. The second-order valence-electron chi connectivity index (χ2n) is 6.65. The third-order valence-corrected chi connectivity index (χ3v) is 4.40. The average molecular weight is 342 g/mol. The Bertz CT molecular complexity index is 726. The van der Waals surface area contributed by atoms with E-state index in [2.05, 4.69) is 10.3 Å². The summed E-state index contributed by atoms with van der Waals surface area (Å²) >= 11 is 0. The highest BCUT2D eigenvalue weighted by molar-refractivity contribution is 5.80. The molecule has 1 N–H and O–H groups in total. The minimum atomic E-state index is -0.0422. The normalized spacial score (nSPS) is 17.8. The van der Waals surface area contributed by atoms with E-state index in [1.54, 1.807) is 6.20 Å². The summed E-state index contributed by atoms with van der Waals surface area (Å²) in [4.78, 5) is 19.4. The van der Waals surface area contributed by atoms with E-state index in [9.17, 15) is 4.79 Å². The minimum absolute atomic E-state index is 0.0422. The second kappa shape index (κ2) is 7.70. The van der Waals surface area contributed by atoms with Crippen LogP contribution in [0.15, 0.2) is 36.7 Å². The van der Waals surface area contributed by atoms with Gasteiger partial charge >= 0.3 is 0 Å². The van der Waals surface area contributed by atoms with Gasteiger partial charge in [-0.25, -0.2) is 4.98 Å². The number of imidazole rings is 1. The average Bonchev–Trinajstić information content (AvgIpc) is 3.02. The molecule has 0 saturated carbocycles. The van der Waals surface area contributed by atoms with E-state index in [0.717, 1.165) is 30.2 Å². The van der Waals surface area contributed by atoms with Crippen molar-refractivity contribution < 1.29 is 9.53 Å². The molecular weight excluding hydrogens is 316 g/mol. The van der Waals surface area contributed by atoms with Crippen molar-refractivity contribution in [1.82, 2.24) is 19.8 Å². The van der Waals surface area contributed by atoms with E-state index in [1.807, 2.05) is 60.8 Å². The zero-order chi connectivity index (χ0) is 17.8. The number of hydrogen-bond donors (Lipinski definition) is 1. The first-order chi connectivity index (χ1) is 12.1. The molecular formula is C19H26N4O2. The molecule has 0 radical (unpaired) electrons. The molecule has 1 aliphatic heterocycles. The van der Waals surface area contributed by atoms with Crippen LogP contribution in [-0.2, 0) is 18.3 Å². The molecule has 1 unspecified atom stereocenters. The first-order valence-corrected chi connectivity index (χ1v) is 8.78. The highest BCUT2D eigenvalue weighted by Gasteiger charge is 2.30. The first kappa shape index (κ1) is 17.5. The number of amides is 1. The molecule has 6 nitrogen and oxygen atoms in total. The Labute approximate surface area is 148 Å².